The lowest BCUT2D eigenvalue weighted by Crippen LogP contribution is -2.48. The Morgan fingerprint density at radius 1 is 1.17 bits per heavy atom. The highest BCUT2D eigenvalue weighted by molar-refractivity contribution is 7.88. The van der Waals surface area contributed by atoms with Gasteiger partial charge in [-0.15, -0.1) is 0 Å². The summed E-state index contributed by atoms with van der Waals surface area (Å²) >= 11 is 11.7. The molecular weight excluding hydrogens is 377 g/mol. The summed E-state index contributed by atoms with van der Waals surface area (Å²) in [4.78, 5) is 24.1. The summed E-state index contributed by atoms with van der Waals surface area (Å²) in [5.74, 6) is -1.31. The Morgan fingerprint density at radius 2 is 1.79 bits per heavy atom. The summed E-state index contributed by atoms with van der Waals surface area (Å²) < 4.78 is 24.2. The normalized spacial score (nSPS) is 16.6. The lowest BCUT2D eigenvalue weighted by molar-refractivity contribution is -0.126. The van der Waals surface area contributed by atoms with E-state index in [0.717, 1.165) is 6.26 Å². The van der Waals surface area contributed by atoms with Crippen LogP contribution in [0.25, 0.3) is 0 Å². The van der Waals surface area contributed by atoms with Gasteiger partial charge in [0.1, 0.15) is 0 Å². The topological polar surface area (TPSA) is 95.6 Å². The number of nitrogens with zero attached hydrogens (tertiary/aromatic N) is 1. The van der Waals surface area contributed by atoms with Crippen LogP contribution in [0.2, 0.25) is 10.0 Å². The fourth-order valence-corrected chi connectivity index (χ4v) is 3.66. The zero-order chi connectivity index (χ0) is 17.9. The average Bonchev–Trinajstić information content (AvgIpc) is 2.53. The summed E-state index contributed by atoms with van der Waals surface area (Å²) in [5.41, 5.74) is 4.78. The van der Waals surface area contributed by atoms with Gasteiger partial charge in [-0.2, -0.15) is 0 Å². The van der Waals surface area contributed by atoms with Crippen molar-refractivity contribution in [2.75, 3.05) is 19.3 Å². The van der Waals surface area contributed by atoms with Gasteiger partial charge in [0.2, 0.25) is 15.9 Å². The Hall–Kier alpha value is -1.35. The highest BCUT2D eigenvalue weighted by Crippen LogP contribution is 2.21. The Morgan fingerprint density at radius 3 is 2.38 bits per heavy atom. The first-order chi connectivity index (χ1) is 11.2. The third kappa shape index (κ3) is 4.83. The summed E-state index contributed by atoms with van der Waals surface area (Å²) in [5, 5.41) is 0.566. The summed E-state index contributed by atoms with van der Waals surface area (Å²) in [7, 11) is -3.24. The van der Waals surface area contributed by atoms with Crippen LogP contribution in [-0.4, -0.2) is 43.9 Å². The van der Waals surface area contributed by atoms with Gasteiger partial charge in [-0.05, 0) is 31.0 Å². The molecule has 0 aliphatic carbocycles. The number of piperidine rings is 1. The minimum absolute atomic E-state index is 0.149. The maximum absolute atomic E-state index is 12.1. The summed E-state index contributed by atoms with van der Waals surface area (Å²) in [6.07, 6.45) is 1.93. The van der Waals surface area contributed by atoms with Crippen molar-refractivity contribution in [1.29, 1.82) is 0 Å². The van der Waals surface area contributed by atoms with Crippen LogP contribution >= 0.6 is 23.2 Å². The van der Waals surface area contributed by atoms with Crippen molar-refractivity contribution in [3.8, 4) is 0 Å². The fraction of sp³-hybridized carbons (Fsp3) is 0.429. The van der Waals surface area contributed by atoms with E-state index in [-0.39, 0.29) is 35.5 Å². The minimum atomic E-state index is -3.24. The number of hydrazine groups is 1. The molecule has 2 rings (SSSR count). The van der Waals surface area contributed by atoms with Crippen LogP contribution in [0.15, 0.2) is 18.2 Å². The maximum atomic E-state index is 12.1. The third-order valence-electron chi connectivity index (χ3n) is 3.77. The molecule has 7 nitrogen and oxygen atoms in total. The molecule has 2 N–H and O–H groups in total. The number of benzene rings is 1. The van der Waals surface area contributed by atoms with Crippen molar-refractivity contribution < 1.29 is 18.0 Å². The SMILES string of the molecule is CS(=O)(=O)N1CCC(C(=O)NNC(=O)c2cc(Cl)ccc2Cl)CC1. The fourth-order valence-electron chi connectivity index (χ4n) is 2.41. The molecule has 1 saturated heterocycles. The highest BCUT2D eigenvalue weighted by Gasteiger charge is 2.29. The predicted octanol–water partition coefficient (Wildman–Crippen LogP) is 1.43. The number of amides is 2. The van der Waals surface area contributed by atoms with Crippen LogP contribution in [0.5, 0.6) is 0 Å². The molecule has 0 radical (unpaired) electrons. The predicted molar refractivity (Wildman–Crippen MR) is 91.2 cm³/mol. The van der Waals surface area contributed by atoms with Gasteiger partial charge in [-0.25, -0.2) is 12.7 Å². The quantitative estimate of drug-likeness (QED) is 0.759. The molecule has 132 valence electrons. The van der Waals surface area contributed by atoms with Gasteiger partial charge in [0.15, 0.2) is 0 Å². The first-order valence-electron chi connectivity index (χ1n) is 7.19. The molecule has 1 aliphatic heterocycles. The molecule has 1 aromatic rings. The van der Waals surface area contributed by atoms with E-state index in [1.807, 2.05) is 0 Å². The van der Waals surface area contributed by atoms with E-state index >= 15 is 0 Å². The Balaban J connectivity index is 1.88. The molecule has 1 aliphatic rings. The zero-order valence-electron chi connectivity index (χ0n) is 12.9. The maximum Gasteiger partial charge on any atom is 0.271 e. The molecule has 0 bridgehead atoms. The second-order valence-electron chi connectivity index (χ2n) is 5.50. The molecule has 0 spiro atoms. The van der Waals surface area contributed by atoms with Crippen LogP contribution in [0, 0.1) is 5.92 Å². The second kappa shape index (κ2) is 7.69. The molecule has 0 aromatic heterocycles. The molecule has 1 heterocycles. The smallest absolute Gasteiger partial charge is 0.271 e. The van der Waals surface area contributed by atoms with Crippen molar-refractivity contribution in [2.24, 2.45) is 5.92 Å². The molecule has 0 atom stereocenters. The van der Waals surface area contributed by atoms with E-state index in [4.69, 9.17) is 23.2 Å². The molecule has 0 saturated carbocycles. The molecule has 1 fully saturated rings. The monoisotopic (exact) mass is 393 g/mol. The zero-order valence-corrected chi connectivity index (χ0v) is 15.2. The van der Waals surface area contributed by atoms with Gasteiger partial charge < -0.3 is 0 Å². The lowest BCUT2D eigenvalue weighted by Gasteiger charge is -2.29. The highest BCUT2D eigenvalue weighted by atomic mass is 35.5. The van der Waals surface area contributed by atoms with Gasteiger partial charge in [0, 0.05) is 24.0 Å². The summed E-state index contributed by atoms with van der Waals surface area (Å²) in [6, 6.07) is 4.44. The van der Waals surface area contributed by atoms with Crippen molar-refractivity contribution >= 4 is 45.0 Å². The van der Waals surface area contributed by atoms with Crippen molar-refractivity contribution in [3.05, 3.63) is 33.8 Å². The van der Waals surface area contributed by atoms with Crippen LogP contribution in [-0.2, 0) is 14.8 Å². The molecule has 24 heavy (non-hydrogen) atoms. The standard InChI is InChI=1S/C14H17Cl2N3O4S/c1-24(22,23)19-6-4-9(5-7-19)13(20)17-18-14(21)11-8-10(15)2-3-12(11)16/h2-3,8-9H,4-7H2,1H3,(H,17,20)(H,18,21). The van der Waals surface area contributed by atoms with E-state index in [0.29, 0.717) is 17.9 Å². The van der Waals surface area contributed by atoms with Crippen LogP contribution in [0.4, 0.5) is 0 Å². The number of rotatable bonds is 3. The van der Waals surface area contributed by atoms with E-state index in [9.17, 15) is 18.0 Å². The second-order valence-corrected chi connectivity index (χ2v) is 8.33. The van der Waals surface area contributed by atoms with Crippen LogP contribution < -0.4 is 10.9 Å². The van der Waals surface area contributed by atoms with E-state index in [2.05, 4.69) is 10.9 Å². The van der Waals surface area contributed by atoms with Gasteiger partial charge in [0.25, 0.3) is 5.91 Å². The Kier molecular flexibility index (Phi) is 6.08. The van der Waals surface area contributed by atoms with Gasteiger partial charge in [-0.3, -0.25) is 20.4 Å². The molecule has 10 heteroatoms. The first kappa shape index (κ1) is 19.0. The molecule has 2 amide bonds. The van der Waals surface area contributed by atoms with Gasteiger partial charge in [0.05, 0.1) is 16.8 Å². The largest absolute Gasteiger partial charge is 0.273 e. The van der Waals surface area contributed by atoms with Gasteiger partial charge >= 0.3 is 0 Å². The Labute approximate surface area is 150 Å². The molecule has 0 unspecified atom stereocenters. The summed E-state index contributed by atoms with van der Waals surface area (Å²) in [6.45, 7) is 0.565. The minimum Gasteiger partial charge on any atom is -0.273 e. The van der Waals surface area contributed by atoms with E-state index < -0.39 is 15.9 Å². The Bertz CT molecular complexity index is 746. The van der Waals surface area contributed by atoms with Crippen molar-refractivity contribution in [1.82, 2.24) is 15.2 Å². The van der Waals surface area contributed by atoms with Crippen LogP contribution in [0.1, 0.15) is 23.2 Å². The van der Waals surface area contributed by atoms with Crippen LogP contribution in [0.3, 0.4) is 0 Å². The number of hydrogen-bond donors (Lipinski definition) is 2. The van der Waals surface area contributed by atoms with Gasteiger partial charge in [-0.1, -0.05) is 23.2 Å². The number of carbonyl (C=O) groups excluding carboxylic acids is 2. The molecule has 1 aromatic carbocycles. The first-order valence-corrected chi connectivity index (χ1v) is 9.79. The third-order valence-corrected chi connectivity index (χ3v) is 5.63. The van der Waals surface area contributed by atoms with Crippen molar-refractivity contribution in [3.63, 3.8) is 0 Å². The molecular formula is C14H17Cl2N3O4S. The number of sulfonamides is 1. The number of hydrogen-bond acceptors (Lipinski definition) is 4. The average molecular weight is 394 g/mol. The number of halogens is 2. The van der Waals surface area contributed by atoms with E-state index in [1.165, 1.54) is 16.4 Å². The number of nitrogens with one attached hydrogen (secondary N) is 2. The van der Waals surface area contributed by atoms with E-state index in [1.54, 1.807) is 6.07 Å². The van der Waals surface area contributed by atoms with Crippen molar-refractivity contribution in [2.45, 2.75) is 12.8 Å². The lowest BCUT2D eigenvalue weighted by atomic mass is 9.98. The number of carbonyl (C=O) groups is 2.